The summed E-state index contributed by atoms with van der Waals surface area (Å²) in [5.74, 6) is 1.27. The third-order valence-electron chi connectivity index (χ3n) is 4.06. The number of hydrogen-bond donors (Lipinski definition) is 0. The zero-order valence-electron chi connectivity index (χ0n) is 13.7. The number of halogens is 1. The number of furan rings is 1. The van der Waals surface area contributed by atoms with Crippen LogP contribution in [-0.4, -0.2) is 37.0 Å². The molecule has 2 heterocycles. The second-order valence-electron chi connectivity index (χ2n) is 5.89. The van der Waals surface area contributed by atoms with Crippen LogP contribution in [-0.2, 0) is 22.7 Å². The Morgan fingerprint density at radius 2 is 1.92 bits per heavy atom. The van der Waals surface area contributed by atoms with E-state index in [0.29, 0.717) is 5.76 Å². The van der Waals surface area contributed by atoms with E-state index >= 15 is 0 Å². The lowest BCUT2D eigenvalue weighted by atomic mass is 10.2. The molecular weight excluding hydrogens is 328 g/mol. The Hall–Kier alpha value is -1.98. The van der Waals surface area contributed by atoms with Crippen LogP contribution in [0.1, 0.15) is 18.4 Å². The maximum Gasteiger partial charge on any atom is 0.303 e. The maximum atomic E-state index is 10.8. The molecule has 0 atom stereocenters. The lowest BCUT2D eigenvalue weighted by Gasteiger charge is -2.35. The van der Waals surface area contributed by atoms with Gasteiger partial charge >= 0.3 is 5.97 Å². The molecule has 24 heavy (non-hydrogen) atoms. The summed E-state index contributed by atoms with van der Waals surface area (Å²) in [6.45, 7) is 6.20. The van der Waals surface area contributed by atoms with E-state index in [2.05, 4.69) is 15.9 Å². The van der Waals surface area contributed by atoms with Gasteiger partial charge in [-0.3, -0.25) is 9.69 Å². The van der Waals surface area contributed by atoms with Crippen molar-refractivity contribution in [1.82, 2.24) is 4.90 Å². The van der Waals surface area contributed by atoms with Crippen molar-refractivity contribution in [2.45, 2.75) is 20.1 Å². The molecule has 1 aromatic carbocycles. The predicted octanol–water partition coefficient (Wildman–Crippen LogP) is 3.32. The van der Waals surface area contributed by atoms with Gasteiger partial charge in [-0.25, -0.2) is 0 Å². The first kappa shape index (κ1) is 16.9. The average Bonchev–Trinajstić information content (AvgIpc) is 3.01. The Kier molecular flexibility index (Phi) is 5.43. The fourth-order valence-corrected chi connectivity index (χ4v) is 3.00. The van der Waals surface area contributed by atoms with Crippen molar-refractivity contribution in [3.8, 4) is 0 Å². The number of ether oxygens (including phenoxy) is 1. The normalized spacial score (nSPS) is 15.5. The number of esters is 1. The second kappa shape index (κ2) is 7.73. The highest BCUT2D eigenvalue weighted by Gasteiger charge is 2.18. The summed E-state index contributed by atoms with van der Waals surface area (Å²) < 4.78 is 10.7. The van der Waals surface area contributed by atoms with Crippen molar-refractivity contribution < 1.29 is 13.9 Å². The minimum absolute atomic E-state index is 0.192. The highest BCUT2D eigenvalue weighted by Crippen LogP contribution is 2.21. The molecule has 0 aliphatic carbocycles. The molecule has 3 rings (SSSR count). The Balaban J connectivity index is 1.49. The number of carbonyl (C=O) groups is 1. The second-order valence-corrected chi connectivity index (χ2v) is 6.33. The molecule has 1 saturated heterocycles. The number of piperazine rings is 1. The molecule has 0 radical (unpaired) electrons. The van der Waals surface area contributed by atoms with Crippen LogP contribution in [0, 0.1) is 0 Å². The van der Waals surface area contributed by atoms with Gasteiger partial charge < -0.3 is 14.1 Å². The lowest BCUT2D eigenvalue weighted by molar-refractivity contribution is -0.142. The fraction of sp³-hybridized carbons (Fsp3) is 0.389. The molecule has 0 amide bonds. The number of anilines is 1. The van der Waals surface area contributed by atoms with Gasteiger partial charge in [0, 0.05) is 43.8 Å². The summed E-state index contributed by atoms with van der Waals surface area (Å²) in [7, 11) is 0. The van der Waals surface area contributed by atoms with Gasteiger partial charge in [-0.2, -0.15) is 0 Å². The van der Waals surface area contributed by atoms with Crippen molar-refractivity contribution in [2.75, 3.05) is 31.1 Å². The largest absolute Gasteiger partial charge is 0.461 e. The molecule has 0 unspecified atom stereocenters. The van der Waals surface area contributed by atoms with Crippen molar-refractivity contribution >= 4 is 23.3 Å². The molecule has 0 spiro atoms. The molecule has 1 fully saturated rings. The van der Waals surface area contributed by atoms with Crippen molar-refractivity contribution in [3.05, 3.63) is 52.9 Å². The van der Waals surface area contributed by atoms with E-state index in [4.69, 9.17) is 20.8 Å². The molecule has 6 heteroatoms. The average molecular weight is 349 g/mol. The van der Waals surface area contributed by atoms with E-state index in [1.54, 1.807) is 0 Å². The van der Waals surface area contributed by atoms with Crippen LogP contribution in [0.3, 0.4) is 0 Å². The van der Waals surface area contributed by atoms with Gasteiger partial charge in [-0.1, -0.05) is 17.7 Å². The first-order chi connectivity index (χ1) is 11.6. The lowest BCUT2D eigenvalue weighted by Crippen LogP contribution is -2.45. The molecule has 0 bridgehead atoms. The van der Waals surface area contributed by atoms with Gasteiger partial charge in [-0.05, 0) is 30.3 Å². The van der Waals surface area contributed by atoms with E-state index in [9.17, 15) is 4.79 Å². The van der Waals surface area contributed by atoms with Crippen molar-refractivity contribution in [3.63, 3.8) is 0 Å². The smallest absolute Gasteiger partial charge is 0.303 e. The Morgan fingerprint density at radius 3 is 2.62 bits per heavy atom. The van der Waals surface area contributed by atoms with Gasteiger partial charge in [-0.15, -0.1) is 0 Å². The monoisotopic (exact) mass is 348 g/mol. The number of benzene rings is 1. The minimum atomic E-state index is -0.301. The third-order valence-corrected chi connectivity index (χ3v) is 4.30. The van der Waals surface area contributed by atoms with E-state index in [1.807, 2.05) is 30.3 Å². The van der Waals surface area contributed by atoms with Gasteiger partial charge in [0.25, 0.3) is 0 Å². The van der Waals surface area contributed by atoms with E-state index < -0.39 is 0 Å². The number of hydrogen-bond acceptors (Lipinski definition) is 5. The van der Waals surface area contributed by atoms with Gasteiger partial charge in [0.1, 0.15) is 18.1 Å². The van der Waals surface area contributed by atoms with Crippen LogP contribution in [0.2, 0.25) is 5.02 Å². The van der Waals surface area contributed by atoms with Crippen LogP contribution in [0.25, 0.3) is 0 Å². The maximum absolute atomic E-state index is 10.8. The minimum Gasteiger partial charge on any atom is -0.461 e. The number of rotatable bonds is 5. The van der Waals surface area contributed by atoms with Crippen LogP contribution >= 0.6 is 11.6 Å². The van der Waals surface area contributed by atoms with Crippen LogP contribution < -0.4 is 4.90 Å². The van der Waals surface area contributed by atoms with Crippen LogP contribution in [0.4, 0.5) is 5.69 Å². The molecule has 2 aromatic rings. The summed E-state index contributed by atoms with van der Waals surface area (Å²) in [6.07, 6.45) is 0. The zero-order valence-corrected chi connectivity index (χ0v) is 14.5. The Morgan fingerprint density at radius 1 is 1.17 bits per heavy atom. The topological polar surface area (TPSA) is 45.9 Å². The number of nitrogens with zero attached hydrogens (tertiary/aromatic N) is 2. The Labute approximate surface area is 146 Å². The summed E-state index contributed by atoms with van der Waals surface area (Å²) in [6, 6.07) is 11.8. The van der Waals surface area contributed by atoms with E-state index in [0.717, 1.165) is 43.5 Å². The standard InChI is InChI=1S/C18H21ClN2O3/c1-14(22)23-13-18-6-5-17(24-18)12-20-7-9-21(10-8-20)16-4-2-3-15(19)11-16/h2-6,11H,7-10,12-13H2,1H3. The first-order valence-electron chi connectivity index (χ1n) is 8.04. The molecule has 0 N–H and O–H groups in total. The summed E-state index contributed by atoms with van der Waals surface area (Å²) in [5.41, 5.74) is 1.17. The number of carbonyl (C=O) groups excluding carboxylic acids is 1. The van der Waals surface area contributed by atoms with Crippen LogP contribution in [0.5, 0.6) is 0 Å². The molecule has 5 nitrogen and oxygen atoms in total. The SMILES string of the molecule is CC(=O)OCc1ccc(CN2CCN(c3cccc(Cl)c3)CC2)o1. The summed E-state index contributed by atoms with van der Waals surface area (Å²) >= 11 is 6.07. The summed E-state index contributed by atoms with van der Waals surface area (Å²) in [4.78, 5) is 15.5. The predicted molar refractivity (Wildman–Crippen MR) is 93.1 cm³/mol. The summed E-state index contributed by atoms with van der Waals surface area (Å²) in [5, 5.41) is 0.769. The third kappa shape index (κ3) is 4.52. The van der Waals surface area contributed by atoms with E-state index in [1.165, 1.54) is 12.6 Å². The highest BCUT2D eigenvalue weighted by atomic mass is 35.5. The molecule has 1 aliphatic heterocycles. The fourth-order valence-electron chi connectivity index (χ4n) is 2.82. The van der Waals surface area contributed by atoms with Gasteiger partial charge in [0.15, 0.2) is 0 Å². The quantitative estimate of drug-likeness (QED) is 0.776. The van der Waals surface area contributed by atoms with E-state index in [-0.39, 0.29) is 12.6 Å². The molecule has 0 saturated carbocycles. The molecular formula is C18H21ClN2O3. The molecule has 1 aromatic heterocycles. The van der Waals surface area contributed by atoms with Gasteiger partial charge in [0.2, 0.25) is 0 Å². The first-order valence-corrected chi connectivity index (χ1v) is 8.42. The zero-order chi connectivity index (χ0) is 16.9. The van der Waals surface area contributed by atoms with Gasteiger partial charge in [0.05, 0.1) is 6.54 Å². The van der Waals surface area contributed by atoms with Crippen LogP contribution in [0.15, 0.2) is 40.8 Å². The molecule has 128 valence electrons. The van der Waals surface area contributed by atoms with Crippen molar-refractivity contribution in [2.24, 2.45) is 0 Å². The Bertz CT molecular complexity index is 693. The molecule has 1 aliphatic rings. The highest BCUT2D eigenvalue weighted by molar-refractivity contribution is 6.30. The van der Waals surface area contributed by atoms with Crippen molar-refractivity contribution in [1.29, 1.82) is 0 Å².